The van der Waals surface area contributed by atoms with Crippen molar-refractivity contribution >= 4 is 17.5 Å². The zero-order valence-electron chi connectivity index (χ0n) is 16.6. The maximum Gasteiger partial charge on any atom is 0.265 e. The van der Waals surface area contributed by atoms with Crippen LogP contribution in [0, 0.1) is 6.92 Å². The molecule has 0 aromatic heterocycles. The average Bonchev–Trinajstić information content (AvgIpc) is 2.76. The van der Waals surface area contributed by atoms with Gasteiger partial charge in [-0.3, -0.25) is 14.5 Å². The molecule has 0 spiro atoms. The van der Waals surface area contributed by atoms with Gasteiger partial charge < -0.3 is 14.8 Å². The third-order valence-corrected chi connectivity index (χ3v) is 5.82. The number of rotatable bonds is 5. The van der Waals surface area contributed by atoms with Crippen molar-refractivity contribution in [3.8, 4) is 5.75 Å². The molecule has 29 heavy (non-hydrogen) atoms. The smallest absolute Gasteiger partial charge is 0.265 e. The predicted molar refractivity (Wildman–Crippen MR) is 110 cm³/mol. The summed E-state index contributed by atoms with van der Waals surface area (Å²) in [7, 11) is 0. The average molecular weight is 394 g/mol. The number of aryl methyl sites for hydroxylation is 1. The summed E-state index contributed by atoms with van der Waals surface area (Å²) in [5.41, 5.74) is 2.74. The Morgan fingerprint density at radius 3 is 2.66 bits per heavy atom. The Hall–Kier alpha value is -2.86. The molecule has 2 aromatic carbocycles. The van der Waals surface area contributed by atoms with Crippen LogP contribution in [0.5, 0.6) is 5.75 Å². The summed E-state index contributed by atoms with van der Waals surface area (Å²) >= 11 is 0. The van der Waals surface area contributed by atoms with E-state index in [2.05, 4.69) is 17.4 Å². The maximum absolute atomic E-state index is 12.8. The van der Waals surface area contributed by atoms with E-state index in [4.69, 9.17) is 9.47 Å². The second kappa shape index (κ2) is 8.25. The molecule has 0 aliphatic carbocycles. The van der Waals surface area contributed by atoms with Crippen molar-refractivity contribution in [1.82, 2.24) is 5.32 Å². The maximum atomic E-state index is 12.8. The number of hydrogen-bond donors (Lipinski definition) is 1. The molecular formula is C23H26N2O4. The normalized spacial score (nSPS) is 18.0. The number of nitrogens with zero attached hydrogens (tertiary/aromatic N) is 1. The molecule has 6 nitrogen and oxygen atoms in total. The van der Waals surface area contributed by atoms with E-state index in [1.807, 2.05) is 43.3 Å². The fourth-order valence-corrected chi connectivity index (χ4v) is 4.07. The van der Waals surface area contributed by atoms with Crippen molar-refractivity contribution in [2.24, 2.45) is 0 Å². The minimum Gasteiger partial charge on any atom is -0.482 e. The Balaban J connectivity index is 1.47. The van der Waals surface area contributed by atoms with Gasteiger partial charge in [-0.05, 0) is 43.0 Å². The molecule has 2 aliphatic heterocycles. The van der Waals surface area contributed by atoms with Crippen molar-refractivity contribution in [3.63, 3.8) is 0 Å². The first-order chi connectivity index (χ1) is 14.1. The van der Waals surface area contributed by atoms with Crippen LogP contribution < -0.4 is 15.0 Å². The monoisotopic (exact) mass is 394 g/mol. The summed E-state index contributed by atoms with van der Waals surface area (Å²) in [6, 6.07) is 15.9. The lowest BCUT2D eigenvalue weighted by atomic mass is 9.74. The van der Waals surface area contributed by atoms with Crippen LogP contribution in [0.2, 0.25) is 0 Å². The van der Waals surface area contributed by atoms with Gasteiger partial charge in [-0.15, -0.1) is 0 Å². The lowest BCUT2D eigenvalue weighted by molar-refractivity contribution is -0.125. The number of anilines is 1. The lowest BCUT2D eigenvalue weighted by Gasteiger charge is -2.38. The van der Waals surface area contributed by atoms with E-state index in [1.54, 1.807) is 0 Å². The molecule has 152 valence electrons. The van der Waals surface area contributed by atoms with Crippen LogP contribution in [-0.4, -0.2) is 44.7 Å². The summed E-state index contributed by atoms with van der Waals surface area (Å²) < 4.78 is 11.1. The number of benzene rings is 2. The first-order valence-electron chi connectivity index (χ1n) is 10.0. The number of amides is 2. The molecule has 0 unspecified atom stereocenters. The van der Waals surface area contributed by atoms with Gasteiger partial charge in [0.1, 0.15) is 12.3 Å². The highest BCUT2D eigenvalue weighted by atomic mass is 16.5. The fraction of sp³-hybridized carbons (Fsp3) is 0.391. The molecule has 4 rings (SSSR count). The molecule has 0 radical (unpaired) electrons. The van der Waals surface area contributed by atoms with Crippen LogP contribution in [0.1, 0.15) is 24.0 Å². The second-order valence-electron chi connectivity index (χ2n) is 7.78. The third kappa shape index (κ3) is 4.12. The highest BCUT2D eigenvalue weighted by Gasteiger charge is 2.35. The van der Waals surface area contributed by atoms with E-state index in [0.29, 0.717) is 31.2 Å². The van der Waals surface area contributed by atoms with Gasteiger partial charge in [-0.1, -0.05) is 36.4 Å². The van der Waals surface area contributed by atoms with Crippen molar-refractivity contribution in [3.05, 3.63) is 59.7 Å². The quantitative estimate of drug-likeness (QED) is 0.847. The number of fused-ring (bicyclic) bond motifs is 1. The molecule has 2 aliphatic rings. The molecule has 0 atom stereocenters. The molecule has 1 N–H and O–H groups in total. The van der Waals surface area contributed by atoms with Gasteiger partial charge in [0.15, 0.2) is 6.61 Å². The Morgan fingerprint density at radius 1 is 1.14 bits per heavy atom. The summed E-state index contributed by atoms with van der Waals surface area (Å²) in [5, 5.41) is 3.08. The molecule has 2 heterocycles. The number of hydrogen-bond acceptors (Lipinski definition) is 4. The highest BCUT2D eigenvalue weighted by Crippen LogP contribution is 2.35. The Bertz CT molecular complexity index is 891. The number of carbonyl (C=O) groups excluding carboxylic acids is 2. The van der Waals surface area contributed by atoms with Crippen molar-refractivity contribution in [2.75, 3.05) is 37.8 Å². The zero-order valence-corrected chi connectivity index (χ0v) is 16.6. The molecule has 0 bridgehead atoms. The Morgan fingerprint density at radius 2 is 1.90 bits per heavy atom. The summed E-state index contributed by atoms with van der Waals surface area (Å²) in [4.78, 5) is 26.7. The molecular weight excluding hydrogens is 368 g/mol. The van der Waals surface area contributed by atoms with Gasteiger partial charge >= 0.3 is 0 Å². The SMILES string of the molecule is Cc1ccc2c(c1)N(CC(=O)NCC1(c3ccccc3)CCOCC1)C(=O)CO2. The van der Waals surface area contributed by atoms with Gasteiger partial charge in [-0.25, -0.2) is 0 Å². The third-order valence-electron chi connectivity index (χ3n) is 5.82. The van der Waals surface area contributed by atoms with Gasteiger partial charge in [-0.2, -0.15) is 0 Å². The number of ether oxygens (including phenoxy) is 2. The first kappa shape index (κ1) is 19.5. The summed E-state index contributed by atoms with van der Waals surface area (Å²) in [6.07, 6.45) is 1.71. The molecule has 6 heteroatoms. The number of nitrogens with one attached hydrogen (secondary N) is 1. The van der Waals surface area contributed by atoms with Gasteiger partial charge in [0.2, 0.25) is 5.91 Å². The standard InChI is InChI=1S/C23H26N2O4/c1-17-7-8-20-19(13-17)25(22(27)15-29-20)14-21(26)24-16-23(9-11-28-12-10-23)18-5-3-2-4-6-18/h2-8,13H,9-12,14-16H2,1H3,(H,24,26). The second-order valence-corrected chi connectivity index (χ2v) is 7.78. The minimum atomic E-state index is -0.206. The van der Waals surface area contributed by atoms with E-state index in [9.17, 15) is 9.59 Å². The zero-order chi connectivity index (χ0) is 20.3. The van der Waals surface area contributed by atoms with Crippen molar-refractivity contribution in [1.29, 1.82) is 0 Å². The lowest BCUT2D eigenvalue weighted by Crippen LogP contribution is -2.49. The fourth-order valence-electron chi connectivity index (χ4n) is 4.07. The largest absolute Gasteiger partial charge is 0.482 e. The molecule has 2 aromatic rings. The van der Waals surface area contributed by atoms with Gasteiger partial charge in [0.25, 0.3) is 5.91 Å². The van der Waals surface area contributed by atoms with Crippen molar-refractivity contribution < 1.29 is 19.1 Å². The van der Waals surface area contributed by atoms with E-state index in [0.717, 1.165) is 18.4 Å². The van der Waals surface area contributed by atoms with Crippen LogP contribution in [0.15, 0.2) is 48.5 Å². The Kier molecular flexibility index (Phi) is 5.53. The molecule has 1 fully saturated rings. The van der Waals surface area contributed by atoms with E-state index >= 15 is 0 Å². The van der Waals surface area contributed by atoms with Crippen LogP contribution in [0.25, 0.3) is 0 Å². The predicted octanol–water partition coefficient (Wildman–Crippen LogP) is 2.59. The Labute approximate surface area is 170 Å². The van der Waals surface area contributed by atoms with E-state index in [-0.39, 0.29) is 30.4 Å². The van der Waals surface area contributed by atoms with Crippen LogP contribution in [0.3, 0.4) is 0 Å². The van der Waals surface area contributed by atoms with Gasteiger partial charge in [0.05, 0.1) is 5.69 Å². The minimum absolute atomic E-state index is 0.0139. The molecule has 2 amide bonds. The van der Waals surface area contributed by atoms with Crippen molar-refractivity contribution in [2.45, 2.75) is 25.2 Å². The summed E-state index contributed by atoms with van der Waals surface area (Å²) in [5.74, 6) is 0.254. The van der Waals surface area contributed by atoms with Crippen LogP contribution in [-0.2, 0) is 19.7 Å². The van der Waals surface area contributed by atoms with Crippen LogP contribution >= 0.6 is 0 Å². The number of carbonyl (C=O) groups is 2. The van der Waals surface area contributed by atoms with E-state index in [1.165, 1.54) is 10.5 Å². The van der Waals surface area contributed by atoms with Gasteiger partial charge in [0, 0.05) is 25.2 Å². The molecule has 1 saturated heterocycles. The topological polar surface area (TPSA) is 67.9 Å². The van der Waals surface area contributed by atoms with E-state index < -0.39 is 0 Å². The highest BCUT2D eigenvalue weighted by molar-refractivity contribution is 6.02. The summed E-state index contributed by atoms with van der Waals surface area (Å²) in [6.45, 7) is 3.78. The first-order valence-corrected chi connectivity index (χ1v) is 10.0. The van der Waals surface area contributed by atoms with Crippen LogP contribution in [0.4, 0.5) is 5.69 Å². The molecule has 0 saturated carbocycles.